The van der Waals surface area contributed by atoms with E-state index >= 15 is 0 Å². The zero-order valence-electron chi connectivity index (χ0n) is 11.7. The highest BCUT2D eigenvalue weighted by Crippen LogP contribution is 2.33. The summed E-state index contributed by atoms with van der Waals surface area (Å²) in [6.07, 6.45) is 0.567. The Morgan fingerprint density at radius 2 is 2.10 bits per heavy atom. The number of carboxylic acid groups (broad SMARTS) is 1. The van der Waals surface area contributed by atoms with Gasteiger partial charge in [-0.15, -0.1) is 0 Å². The van der Waals surface area contributed by atoms with Gasteiger partial charge >= 0.3 is 5.97 Å². The van der Waals surface area contributed by atoms with Gasteiger partial charge in [-0.05, 0) is 37.1 Å². The molecule has 0 unspecified atom stereocenters. The Hall–Kier alpha value is -1.93. The van der Waals surface area contributed by atoms with Crippen molar-refractivity contribution in [3.05, 3.63) is 23.8 Å². The van der Waals surface area contributed by atoms with Crippen LogP contribution in [0.25, 0.3) is 0 Å². The highest BCUT2D eigenvalue weighted by Gasteiger charge is 2.30. The minimum atomic E-state index is -3.87. The predicted molar refractivity (Wildman–Crippen MR) is 75.6 cm³/mol. The van der Waals surface area contributed by atoms with Gasteiger partial charge in [0.05, 0.1) is 4.90 Å². The van der Waals surface area contributed by atoms with Gasteiger partial charge in [0.2, 0.25) is 15.9 Å². The van der Waals surface area contributed by atoms with Crippen LogP contribution in [0, 0.1) is 0 Å². The van der Waals surface area contributed by atoms with Gasteiger partial charge in [-0.25, -0.2) is 8.42 Å². The van der Waals surface area contributed by atoms with E-state index in [-0.39, 0.29) is 16.8 Å². The molecule has 7 nitrogen and oxygen atoms in total. The van der Waals surface area contributed by atoms with Crippen LogP contribution in [0.2, 0.25) is 0 Å². The largest absolute Gasteiger partial charge is 0.480 e. The average Bonchev–Trinajstić information content (AvgIpc) is 2.71. The Morgan fingerprint density at radius 1 is 1.43 bits per heavy atom. The Balaban J connectivity index is 2.33. The average molecular weight is 312 g/mol. The van der Waals surface area contributed by atoms with Crippen molar-refractivity contribution in [1.82, 2.24) is 4.72 Å². The molecular formula is C13H16N2O5S. The molecule has 2 N–H and O–H groups in total. The van der Waals surface area contributed by atoms with Crippen LogP contribution in [0.1, 0.15) is 19.4 Å². The molecule has 0 saturated carbocycles. The summed E-state index contributed by atoms with van der Waals surface area (Å²) < 4.78 is 26.0. The third kappa shape index (κ3) is 3.06. The first-order chi connectivity index (χ1) is 9.72. The van der Waals surface area contributed by atoms with Crippen LogP contribution in [0.3, 0.4) is 0 Å². The number of hydrogen-bond donors (Lipinski definition) is 2. The van der Waals surface area contributed by atoms with Crippen LogP contribution in [0.4, 0.5) is 5.69 Å². The smallest absolute Gasteiger partial charge is 0.318 e. The second kappa shape index (κ2) is 5.45. The van der Waals surface area contributed by atoms with E-state index in [1.165, 1.54) is 19.1 Å². The molecule has 8 heteroatoms. The molecule has 0 aliphatic carbocycles. The lowest BCUT2D eigenvalue weighted by molar-refractivity contribution is -0.135. The van der Waals surface area contributed by atoms with Crippen molar-refractivity contribution in [1.29, 1.82) is 0 Å². The van der Waals surface area contributed by atoms with E-state index in [0.717, 1.165) is 5.56 Å². The summed E-state index contributed by atoms with van der Waals surface area (Å²) in [4.78, 5) is 23.7. The van der Waals surface area contributed by atoms with Gasteiger partial charge in [-0.1, -0.05) is 0 Å². The first-order valence-corrected chi connectivity index (χ1v) is 7.85. The Morgan fingerprint density at radius 3 is 2.67 bits per heavy atom. The molecule has 0 radical (unpaired) electrons. The van der Waals surface area contributed by atoms with Crippen molar-refractivity contribution >= 4 is 27.6 Å². The predicted octanol–water partition coefficient (Wildman–Crippen LogP) is 0.347. The fourth-order valence-electron chi connectivity index (χ4n) is 2.49. The summed E-state index contributed by atoms with van der Waals surface area (Å²) in [6.45, 7) is 2.68. The van der Waals surface area contributed by atoms with Crippen LogP contribution < -0.4 is 9.62 Å². The minimum absolute atomic E-state index is 0.0000945. The molecular weight excluding hydrogens is 296 g/mol. The maximum absolute atomic E-state index is 12.0. The maximum Gasteiger partial charge on any atom is 0.318 e. The molecule has 1 amide bonds. The maximum atomic E-state index is 12.0. The quantitative estimate of drug-likeness (QED) is 0.834. The van der Waals surface area contributed by atoms with Gasteiger partial charge in [-0.2, -0.15) is 4.72 Å². The van der Waals surface area contributed by atoms with E-state index in [1.807, 2.05) is 11.6 Å². The number of carbonyl (C=O) groups excluding carboxylic acids is 1. The van der Waals surface area contributed by atoms with Gasteiger partial charge in [0, 0.05) is 18.7 Å². The molecule has 0 fully saturated rings. The number of carboxylic acids is 1. The molecule has 1 aromatic rings. The number of benzene rings is 1. The number of fused-ring (bicyclic) bond motifs is 1. The monoisotopic (exact) mass is 312 g/mol. The first-order valence-electron chi connectivity index (χ1n) is 6.36. The minimum Gasteiger partial charge on any atom is -0.480 e. The van der Waals surface area contributed by atoms with Gasteiger partial charge in [0.15, 0.2) is 0 Å². The molecule has 0 bridgehead atoms. The molecule has 1 aromatic carbocycles. The third-order valence-electron chi connectivity index (χ3n) is 3.33. The standard InChI is InChI=1S/C13H16N2O5S/c1-8-5-10-6-11(21(19,20)14-7-13(17)18)3-4-12(10)15(8)9(2)16/h3-4,6,8,14H,5,7H2,1-2H3,(H,17,18)/t8-/m1/s1. The first kappa shape index (κ1) is 15.5. The highest BCUT2D eigenvalue weighted by molar-refractivity contribution is 7.89. The Kier molecular flexibility index (Phi) is 4.02. The molecule has 0 aromatic heterocycles. The SMILES string of the molecule is CC(=O)N1c2ccc(S(=O)(=O)NCC(=O)O)cc2C[C@H]1C. The highest BCUT2D eigenvalue weighted by atomic mass is 32.2. The molecule has 0 saturated heterocycles. The number of hydrogen-bond acceptors (Lipinski definition) is 4. The van der Waals surface area contributed by atoms with Gasteiger partial charge < -0.3 is 10.0 Å². The molecule has 1 heterocycles. The molecule has 0 spiro atoms. The topological polar surface area (TPSA) is 104 Å². The van der Waals surface area contributed by atoms with Crippen LogP contribution in [-0.4, -0.2) is 38.0 Å². The summed E-state index contributed by atoms with van der Waals surface area (Å²) in [6, 6.07) is 4.41. The lowest BCUT2D eigenvalue weighted by atomic mass is 10.1. The summed E-state index contributed by atoms with van der Waals surface area (Å²) in [5, 5.41) is 8.54. The summed E-state index contributed by atoms with van der Waals surface area (Å²) in [7, 11) is -3.87. The van der Waals surface area contributed by atoms with Crippen LogP contribution >= 0.6 is 0 Å². The van der Waals surface area contributed by atoms with Gasteiger partial charge in [0.1, 0.15) is 6.54 Å². The number of amides is 1. The molecule has 1 atom stereocenters. The van der Waals surface area contributed by atoms with Crippen LogP contribution in [-0.2, 0) is 26.0 Å². The number of anilines is 1. The summed E-state index contributed by atoms with van der Waals surface area (Å²) in [5.74, 6) is -1.35. The normalized spacial score (nSPS) is 17.6. The van der Waals surface area contributed by atoms with Crippen LogP contribution in [0.5, 0.6) is 0 Å². The van der Waals surface area contributed by atoms with E-state index in [1.54, 1.807) is 11.0 Å². The summed E-state index contributed by atoms with van der Waals surface area (Å²) in [5.41, 5.74) is 1.46. The number of nitrogens with one attached hydrogen (secondary N) is 1. The van der Waals surface area contributed by atoms with E-state index in [0.29, 0.717) is 12.1 Å². The van der Waals surface area contributed by atoms with Crippen molar-refractivity contribution in [3.63, 3.8) is 0 Å². The zero-order valence-corrected chi connectivity index (χ0v) is 12.5. The van der Waals surface area contributed by atoms with E-state index in [2.05, 4.69) is 0 Å². The zero-order chi connectivity index (χ0) is 15.8. The number of rotatable bonds is 4. The van der Waals surface area contributed by atoms with Crippen LogP contribution in [0.15, 0.2) is 23.1 Å². The van der Waals surface area contributed by atoms with E-state index < -0.39 is 22.5 Å². The fraction of sp³-hybridized carbons (Fsp3) is 0.385. The van der Waals surface area contributed by atoms with Gasteiger partial charge in [-0.3, -0.25) is 9.59 Å². The Bertz CT molecular complexity index is 699. The molecule has 1 aliphatic rings. The van der Waals surface area contributed by atoms with Crippen molar-refractivity contribution < 1.29 is 23.1 Å². The number of sulfonamides is 1. The second-order valence-electron chi connectivity index (χ2n) is 4.95. The van der Waals surface area contributed by atoms with E-state index in [9.17, 15) is 18.0 Å². The van der Waals surface area contributed by atoms with E-state index in [4.69, 9.17) is 5.11 Å². The molecule has 114 valence electrons. The van der Waals surface area contributed by atoms with Crippen molar-refractivity contribution in [2.45, 2.75) is 31.2 Å². The van der Waals surface area contributed by atoms with Crippen molar-refractivity contribution in [2.24, 2.45) is 0 Å². The molecule has 1 aliphatic heterocycles. The van der Waals surface area contributed by atoms with Gasteiger partial charge in [0.25, 0.3) is 0 Å². The lowest BCUT2D eigenvalue weighted by Crippen LogP contribution is -2.33. The molecule has 21 heavy (non-hydrogen) atoms. The Labute approximate surface area is 122 Å². The number of carbonyl (C=O) groups is 2. The number of aliphatic carboxylic acids is 1. The fourth-order valence-corrected chi connectivity index (χ4v) is 3.52. The molecule has 2 rings (SSSR count). The van der Waals surface area contributed by atoms with Crippen molar-refractivity contribution in [3.8, 4) is 0 Å². The second-order valence-corrected chi connectivity index (χ2v) is 6.72. The third-order valence-corrected chi connectivity index (χ3v) is 4.73. The summed E-state index contributed by atoms with van der Waals surface area (Å²) >= 11 is 0. The van der Waals surface area contributed by atoms with Crippen molar-refractivity contribution in [2.75, 3.05) is 11.4 Å². The lowest BCUT2D eigenvalue weighted by Gasteiger charge is -2.20. The number of nitrogens with zero attached hydrogens (tertiary/aromatic N) is 1.